The first-order valence-corrected chi connectivity index (χ1v) is 12.2. The number of carboxylic acid groups (broad SMARTS) is 1. The van der Waals surface area contributed by atoms with Crippen LogP contribution in [0, 0.1) is 5.92 Å². The molecule has 0 heterocycles. The largest absolute Gasteiger partial charge is 0.480 e. The number of hydrogen-bond acceptors (Lipinski definition) is 7. The Morgan fingerprint density at radius 1 is 0.939 bits per heavy atom. The van der Waals surface area contributed by atoms with Gasteiger partial charge in [0.15, 0.2) is 5.96 Å². The normalized spacial score (nSPS) is 14.5. The molecule has 0 rings (SSSR count). The van der Waals surface area contributed by atoms with Crippen molar-refractivity contribution < 1.29 is 24.3 Å². The lowest BCUT2D eigenvalue weighted by Crippen LogP contribution is -2.56. The first kappa shape index (κ1) is 30.5. The number of amides is 3. The molecule has 0 bridgehead atoms. The summed E-state index contributed by atoms with van der Waals surface area (Å²) in [7, 11) is 0. The number of nitrogens with one attached hydrogen (secondary N) is 3. The van der Waals surface area contributed by atoms with Crippen molar-refractivity contribution in [3.05, 3.63) is 0 Å². The molecule has 33 heavy (non-hydrogen) atoms. The predicted molar refractivity (Wildman–Crippen MR) is 129 cm³/mol. The number of nitrogens with two attached hydrogens (primary N) is 3. The van der Waals surface area contributed by atoms with Crippen LogP contribution in [0.15, 0.2) is 4.99 Å². The summed E-state index contributed by atoms with van der Waals surface area (Å²) < 4.78 is 0. The number of guanidine groups is 1. The number of hydrogen-bond donors (Lipinski definition) is 7. The van der Waals surface area contributed by atoms with E-state index in [1.807, 2.05) is 20.1 Å². The van der Waals surface area contributed by atoms with Gasteiger partial charge in [-0.1, -0.05) is 13.8 Å². The number of thioether (sulfide) groups is 1. The molecule has 0 saturated carbocycles. The van der Waals surface area contributed by atoms with E-state index in [1.165, 1.54) is 6.92 Å². The van der Waals surface area contributed by atoms with Gasteiger partial charge >= 0.3 is 5.97 Å². The highest BCUT2D eigenvalue weighted by Gasteiger charge is 2.28. The Bertz CT molecular complexity index is 686. The van der Waals surface area contributed by atoms with Gasteiger partial charge < -0.3 is 38.3 Å². The Kier molecular flexibility index (Phi) is 14.9. The molecule has 0 aromatic carbocycles. The zero-order valence-corrected chi connectivity index (χ0v) is 20.6. The molecule has 10 N–H and O–H groups in total. The molecule has 0 radical (unpaired) electrons. The van der Waals surface area contributed by atoms with Gasteiger partial charge in [-0.2, -0.15) is 11.8 Å². The van der Waals surface area contributed by atoms with Crippen molar-refractivity contribution in [1.29, 1.82) is 0 Å². The Morgan fingerprint density at radius 2 is 1.55 bits per heavy atom. The Labute approximate surface area is 199 Å². The minimum absolute atomic E-state index is 0.0522. The number of aliphatic carboxylic acids is 1. The second-order valence-corrected chi connectivity index (χ2v) is 9.14. The molecule has 4 unspecified atom stereocenters. The van der Waals surface area contributed by atoms with Crippen LogP contribution in [-0.2, 0) is 19.2 Å². The lowest BCUT2D eigenvalue weighted by atomic mass is 10.0. The van der Waals surface area contributed by atoms with Crippen molar-refractivity contribution in [1.82, 2.24) is 16.0 Å². The molecule has 0 aliphatic heterocycles. The van der Waals surface area contributed by atoms with Gasteiger partial charge in [0.25, 0.3) is 0 Å². The topological polar surface area (TPSA) is 215 Å². The van der Waals surface area contributed by atoms with Crippen molar-refractivity contribution in [2.45, 2.75) is 70.6 Å². The van der Waals surface area contributed by atoms with Crippen LogP contribution in [0.3, 0.4) is 0 Å². The average Bonchev–Trinajstić information content (AvgIpc) is 2.72. The summed E-state index contributed by atoms with van der Waals surface area (Å²) in [6.07, 6.45) is 3.20. The van der Waals surface area contributed by atoms with Crippen molar-refractivity contribution in [2.75, 3.05) is 18.6 Å². The van der Waals surface area contributed by atoms with Crippen LogP contribution < -0.4 is 33.2 Å². The second-order valence-electron chi connectivity index (χ2n) is 8.16. The molecule has 190 valence electrons. The van der Waals surface area contributed by atoms with E-state index in [9.17, 15) is 24.3 Å². The third-order valence-corrected chi connectivity index (χ3v) is 5.27. The minimum Gasteiger partial charge on any atom is -0.480 e. The fraction of sp³-hybridized carbons (Fsp3) is 0.750. The van der Waals surface area contributed by atoms with Crippen molar-refractivity contribution >= 4 is 41.4 Å². The molecular weight excluding hydrogens is 450 g/mol. The lowest BCUT2D eigenvalue weighted by Gasteiger charge is -2.24. The molecule has 3 amide bonds. The number of carboxylic acids is 1. The molecule has 12 nitrogen and oxygen atoms in total. The maximum absolute atomic E-state index is 12.8. The fourth-order valence-electron chi connectivity index (χ4n) is 2.80. The van der Waals surface area contributed by atoms with Gasteiger partial charge in [0.05, 0.1) is 6.04 Å². The summed E-state index contributed by atoms with van der Waals surface area (Å²) in [5, 5.41) is 16.9. The van der Waals surface area contributed by atoms with E-state index in [2.05, 4.69) is 20.9 Å². The summed E-state index contributed by atoms with van der Waals surface area (Å²) in [6.45, 7) is 5.37. The van der Waals surface area contributed by atoms with Crippen molar-refractivity contribution in [3.63, 3.8) is 0 Å². The molecule has 0 aromatic rings. The molecule has 4 atom stereocenters. The summed E-state index contributed by atoms with van der Waals surface area (Å²) in [5.74, 6) is -2.21. The summed E-state index contributed by atoms with van der Waals surface area (Å²) in [5.41, 5.74) is 16.5. The lowest BCUT2D eigenvalue weighted by molar-refractivity contribution is -0.142. The quantitative estimate of drug-likeness (QED) is 0.0779. The first-order valence-electron chi connectivity index (χ1n) is 10.8. The van der Waals surface area contributed by atoms with E-state index < -0.39 is 47.9 Å². The summed E-state index contributed by atoms with van der Waals surface area (Å²) in [6, 6.07) is -3.83. The number of rotatable bonds is 16. The van der Waals surface area contributed by atoms with E-state index >= 15 is 0 Å². The van der Waals surface area contributed by atoms with Gasteiger partial charge in [0.1, 0.15) is 18.1 Å². The van der Waals surface area contributed by atoms with Gasteiger partial charge in [-0.25, -0.2) is 4.79 Å². The van der Waals surface area contributed by atoms with Crippen molar-refractivity contribution in [3.8, 4) is 0 Å². The van der Waals surface area contributed by atoms with E-state index in [4.69, 9.17) is 17.2 Å². The third kappa shape index (κ3) is 13.6. The monoisotopic (exact) mass is 489 g/mol. The molecular formula is C20H39N7O5S. The Balaban J connectivity index is 5.15. The SMILES string of the molecule is CSCCC(N)C(=O)NC(CCCN=C(N)N)C(=O)NC(C)C(=O)NC(CC(C)C)C(=O)O. The predicted octanol–water partition coefficient (Wildman–Crippen LogP) is -1.27. The van der Waals surface area contributed by atoms with Gasteiger partial charge in [-0.15, -0.1) is 0 Å². The van der Waals surface area contributed by atoms with Gasteiger partial charge in [0, 0.05) is 6.54 Å². The van der Waals surface area contributed by atoms with Crippen LogP contribution in [-0.4, -0.2) is 77.5 Å². The number of aliphatic imine (C=N–C) groups is 1. The first-order chi connectivity index (χ1) is 15.4. The molecule has 0 spiro atoms. The van der Waals surface area contributed by atoms with E-state index in [0.29, 0.717) is 18.6 Å². The second kappa shape index (κ2) is 16.1. The fourth-order valence-corrected chi connectivity index (χ4v) is 3.29. The highest BCUT2D eigenvalue weighted by Crippen LogP contribution is 2.06. The smallest absolute Gasteiger partial charge is 0.326 e. The standard InChI is InChI=1S/C20H39N7O5S/c1-11(2)10-15(19(31)32)27-16(28)12(3)25-18(30)14(6-5-8-24-20(22)23)26-17(29)13(21)7-9-33-4/h11-15H,5-10,21H2,1-4H3,(H,25,30)(H,26,29)(H,27,28)(H,31,32)(H4,22,23,24). The average molecular weight is 490 g/mol. The zero-order valence-electron chi connectivity index (χ0n) is 19.8. The van der Waals surface area contributed by atoms with E-state index in [1.54, 1.807) is 11.8 Å². The molecule has 0 fully saturated rings. The summed E-state index contributed by atoms with van der Waals surface area (Å²) >= 11 is 1.55. The van der Waals surface area contributed by atoms with E-state index in [0.717, 1.165) is 0 Å². The highest BCUT2D eigenvalue weighted by molar-refractivity contribution is 7.98. The highest BCUT2D eigenvalue weighted by atomic mass is 32.2. The van der Waals surface area contributed by atoms with Crippen molar-refractivity contribution in [2.24, 2.45) is 28.1 Å². The van der Waals surface area contributed by atoms with E-state index in [-0.39, 0.29) is 31.3 Å². The van der Waals surface area contributed by atoms with Crippen LogP contribution >= 0.6 is 11.8 Å². The zero-order chi connectivity index (χ0) is 25.6. The van der Waals surface area contributed by atoms with Crippen LogP contribution in [0.4, 0.5) is 0 Å². The van der Waals surface area contributed by atoms with Crippen LogP contribution in [0.2, 0.25) is 0 Å². The van der Waals surface area contributed by atoms with Crippen LogP contribution in [0.25, 0.3) is 0 Å². The number of carbonyl (C=O) groups excluding carboxylic acids is 3. The maximum Gasteiger partial charge on any atom is 0.326 e. The Hall–Kier alpha value is -2.54. The van der Waals surface area contributed by atoms with Gasteiger partial charge in [0.2, 0.25) is 17.7 Å². The van der Waals surface area contributed by atoms with Crippen LogP contribution in [0.1, 0.15) is 46.5 Å². The van der Waals surface area contributed by atoms with Crippen LogP contribution in [0.5, 0.6) is 0 Å². The molecule has 0 aliphatic rings. The molecule has 0 aliphatic carbocycles. The third-order valence-electron chi connectivity index (χ3n) is 4.62. The van der Waals surface area contributed by atoms with Gasteiger partial charge in [-0.3, -0.25) is 19.4 Å². The molecule has 13 heteroatoms. The van der Waals surface area contributed by atoms with Gasteiger partial charge in [-0.05, 0) is 50.5 Å². The maximum atomic E-state index is 12.8. The number of carbonyl (C=O) groups is 4. The molecule has 0 aromatic heterocycles. The Morgan fingerprint density at radius 3 is 2.06 bits per heavy atom. The minimum atomic E-state index is -1.15. The number of nitrogens with zero attached hydrogens (tertiary/aromatic N) is 1. The molecule has 0 saturated heterocycles. The summed E-state index contributed by atoms with van der Waals surface area (Å²) in [4.78, 5) is 52.9.